The summed E-state index contributed by atoms with van der Waals surface area (Å²) in [6, 6.07) is 8.56. The van der Waals surface area contributed by atoms with Gasteiger partial charge in [-0.05, 0) is 43.2 Å². The smallest absolute Gasteiger partial charge is 0.410 e. The van der Waals surface area contributed by atoms with Crippen LogP contribution in [0.3, 0.4) is 0 Å². The Morgan fingerprint density at radius 3 is 2.55 bits per heavy atom. The Labute approximate surface area is 181 Å². The van der Waals surface area contributed by atoms with Crippen molar-refractivity contribution in [3.63, 3.8) is 0 Å². The summed E-state index contributed by atoms with van der Waals surface area (Å²) >= 11 is 1.06. The third kappa shape index (κ3) is 4.80. The zero-order valence-corrected chi connectivity index (χ0v) is 17.4. The molecular formula is C21H21FN4O4S. The van der Waals surface area contributed by atoms with Crippen molar-refractivity contribution in [2.24, 2.45) is 0 Å². The van der Waals surface area contributed by atoms with Crippen LogP contribution in [0.5, 0.6) is 0 Å². The predicted octanol–water partition coefficient (Wildman–Crippen LogP) is 3.96. The van der Waals surface area contributed by atoms with E-state index < -0.39 is 17.5 Å². The lowest BCUT2D eigenvalue weighted by Gasteiger charge is -2.31. The van der Waals surface area contributed by atoms with Gasteiger partial charge in [-0.25, -0.2) is 18.9 Å². The number of hydrogen-bond donors (Lipinski definition) is 3. The monoisotopic (exact) mass is 444 g/mol. The fourth-order valence-corrected chi connectivity index (χ4v) is 4.71. The van der Waals surface area contributed by atoms with Crippen LogP contribution in [-0.2, 0) is 6.54 Å². The molecule has 1 saturated carbocycles. The van der Waals surface area contributed by atoms with E-state index in [-0.39, 0.29) is 17.2 Å². The Morgan fingerprint density at radius 1 is 1.16 bits per heavy atom. The van der Waals surface area contributed by atoms with Crippen LogP contribution in [0.4, 0.5) is 14.3 Å². The topological polar surface area (TPSA) is 117 Å². The van der Waals surface area contributed by atoms with Crippen LogP contribution in [0.1, 0.15) is 32.1 Å². The second-order valence-corrected chi connectivity index (χ2v) is 8.63. The zero-order valence-electron chi connectivity index (χ0n) is 16.5. The molecule has 0 unspecified atom stereocenters. The number of carboxylic acid groups (broad SMARTS) is 1. The van der Waals surface area contributed by atoms with Crippen molar-refractivity contribution >= 4 is 22.6 Å². The number of aromatic nitrogens is 3. The number of nitrogens with one attached hydrogen (secondary N) is 1. The van der Waals surface area contributed by atoms with Crippen molar-refractivity contribution in [2.75, 3.05) is 5.32 Å². The predicted molar refractivity (Wildman–Crippen MR) is 115 cm³/mol. The minimum atomic E-state index is -1.26. The summed E-state index contributed by atoms with van der Waals surface area (Å²) in [6.07, 6.45) is 2.82. The molecule has 1 amide bonds. The van der Waals surface area contributed by atoms with Gasteiger partial charge in [0.25, 0.3) is 5.56 Å². The van der Waals surface area contributed by atoms with E-state index in [2.05, 4.69) is 15.4 Å². The van der Waals surface area contributed by atoms with Crippen molar-refractivity contribution in [3.05, 3.63) is 52.6 Å². The molecule has 1 fully saturated rings. The van der Waals surface area contributed by atoms with Gasteiger partial charge in [0.2, 0.25) is 0 Å². The first-order valence-electron chi connectivity index (χ1n) is 9.91. The molecule has 162 valence electrons. The first-order chi connectivity index (χ1) is 14.8. The van der Waals surface area contributed by atoms with Crippen LogP contribution < -0.4 is 10.9 Å². The molecule has 0 spiro atoms. The fraction of sp³-hybridized carbons (Fsp3) is 0.333. The Morgan fingerprint density at radius 2 is 1.87 bits per heavy atom. The molecule has 3 aromatic rings. The number of halogens is 1. The van der Waals surface area contributed by atoms with Gasteiger partial charge in [-0.15, -0.1) is 0 Å². The maximum absolute atomic E-state index is 13.4. The highest BCUT2D eigenvalue weighted by atomic mass is 32.1. The molecule has 0 bridgehead atoms. The second kappa shape index (κ2) is 8.56. The zero-order chi connectivity index (χ0) is 22.0. The van der Waals surface area contributed by atoms with Crippen LogP contribution in [0.25, 0.3) is 21.8 Å². The summed E-state index contributed by atoms with van der Waals surface area (Å²) in [4.78, 5) is 28.3. The minimum Gasteiger partial charge on any atom is -0.465 e. The van der Waals surface area contributed by atoms with E-state index in [1.165, 1.54) is 28.9 Å². The molecule has 10 heteroatoms. The summed E-state index contributed by atoms with van der Waals surface area (Å²) < 4.78 is 14.6. The summed E-state index contributed by atoms with van der Waals surface area (Å²) in [6.45, 7) is 0.0879. The van der Waals surface area contributed by atoms with Crippen molar-refractivity contribution in [3.8, 4) is 21.8 Å². The first-order valence-corrected chi connectivity index (χ1v) is 10.7. The Balaban J connectivity index is 1.76. The van der Waals surface area contributed by atoms with Crippen molar-refractivity contribution < 1.29 is 19.4 Å². The Bertz CT molecular complexity index is 1150. The second-order valence-electron chi connectivity index (χ2n) is 7.63. The van der Waals surface area contributed by atoms with E-state index in [0.29, 0.717) is 34.7 Å². The summed E-state index contributed by atoms with van der Waals surface area (Å²) in [5.74, 6) is -0.406. The summed E-state index contributed by atoms with van der Waals surface area (Å²) in [7, 11) is 0. The quantitative estimate of drug-likeness (QED) is 0.548. The molecule has 4 rings (SSSR count). The fourth-order valence-electron chi connectivity index (χ4n) is 3.77. The van der Waals surface area contributed by atoms with E-state index in [9.17, 15) is 19.1 Å². The highest BCUT2D eigenvalue weighted by Crippen LogP contribution is 2.38. The standard InChI is InChI=1S/C21H21FN4O4S/c22-14-6-4-13(5-7-14)17-18(31-19(23-17)24-20(28)29)15-8-9-16(27)26(25-15)12-21(30)10-2-1-3-11-21/h4-9,30H,1-3,10-12H2,(H,23,24)(H,28,29). The van der Waals surface area contributed by atoms with Gasteiger partial charge in [0, 0.05) is 11.6 Å². The lowest BCUT2D eigenvalue weighted by Crippen LogP contribution is -2.40. The molecule has 2 heterocycles. The number of rotatable bonds is 5. The lowest BCUT2D eigenvalue weighted by atomic mass is 9.85. The number of thiazole rings is 1. The van der Waals surface area contributed by atoms with Crippen LogP contribution in [0.2, 0.25) is 0 Å². The van der Waals surface area contributed by atoms with Crippen LogP contribution in [0.15, 0.2) is 41.2 Å². The number of nitrogens with zero attached hydrogens (tertiary/aromatic N) is 3. The Kier molecular flexibility index (Phi) is 5.84. The molecular weight excluding hydrogens is 423 g/mol. The SMILES string of the molecule is O=C(O)Nc1nc(-c2ccc(F)cc2)c(-c2ccc(=O)n(CC3(O)CCCCC3)n2)s1. The molecule has 1 aliphatic rings. The van der Waals surface area contributed by atoms with E-state index in [0.717, 1.165) is 30.6 Å². The third-order valence-electron chi connectivity index (χ3n) is 5.29. The molecule has 2 aromatic heterocycles. The van der Waals surface area contributed by atoms with Crippen LogP contribution in [0, 0.1) is 5.82 Å². The van der Waals surface area contributed by atoms with Crippen molar-refractivity contribution in [1.82, 2.24) is 14.8 Å². The van der Waals surface area contributed by atoms with Gasteiger partial charge in [0.1, 0.15) is 11.5 Å². The van der Waals surface area contributed by atoms with E-state index in [4.69, 9.17) is 5.11 Å². The number of aliphatic hydroxyl groups is 1. The number of amides is 1. The van der Waals surface area contributed by atoms with E-state index in [1.54, 1.807) is 12.1 Å². The normalized spacial score (nSPS) is 15.5. The van der Waals surface area contributed by atoms with Crippen molar-refractivity contribution in [1.29, 1.82) is 0 Å². The highest BCUT2D eigenvalue weighted by molar-refractivity contribution is 7.19. The molecule has 0 saturated heterocycles. The van der Waals surface area contributed by atoms with Gasteiger partial charge in [-0.1, -0.05) is 30.6 Å². The summed E-state index contributed by atoms with van der Waals surface area (Å²) in [5, 5.41) is 26.7. The van der Waals surface area contributed by atoms with Gasteiger partial charge in [0.05, 0.1) is 22.7 Å². The molecule has 31 heavy (non-hydrogen) atoms. The molecule has 0 aliphatic heterocycles. The lowest BCUT2D eigenvalue weighted by molar-refractivity contribution is -0.0153. The van der Waals surface area contributed by atoms with E-state index in [1.807, 2.05) is 0 Å². The molecule has 1 aromatic carbocycles. The number of hydrogen-bond acceptors (Lipinski definition) is 6. The van der Waals surface area contributed by atoms with Crippen molar-refractivity contribution in [2.45, 2.75) is 44.2 Å². The Hall–Kier alpha value is -3.11. The average Bonchev–Trinajstić information content (AvgIpc) is 3.13. The minimum absolute atomic E-state index is 0.0879. The third-order valence-corrected chi connectivity index (χ3v) is 6.28. The van der Waals surface area contributed by atoms with Gasteiger partial charge in [-0.3, -0.25) is 10.1 Å². The number of anilines is 1. The van der Waals surface area contributed by atoms with Gasteiger partial charge in [-0.2, -0.15) is 5.10 Å². The van der Waals surface area contributed by atoms with Gasteiger partial charge < -0.3 is 10.2 Å². The molecule has 3 N–H and O–H groups in total. The van der Waals surface area contributed by atoms with Crippen LogP contribution in [-0.4, -0.2) is 36.7 Å². The van der Waals surface area contributed by atoms with Gasteiger partial charge in [0.15, 0.2) is 5.13 Å². The molecule has 1 aliphatic carbocycles. The average molecular weight is 444 g/mol. The highest BCUT2D eigenvalue weighted by Gasteiger charge is 2.30. The van der Waals surface area contributed by atoms with Gasteiger partial charge >= 0.3 is 6.09 Å². The first kappa shape index (κ1) is 21.1. The molecule has 8 nitrogen and oxygen atoms in total. The molecule has 0 atom stereocenters. The van der Waals surface area contributed by atoms with E-state index >= 15 is 0 Å². The van der Waals surface area contributed by atoms with Crippen LogP contribution >= 0.6 is 11.3 Å². The summed E-state index contributed by atoms with van der Waals surface area (Å²) in [5.41, 5.74) is 0.102. The number of carbonyl (C=O) groups is 1. The maximum atomic E-state index is 13.4. The largest absolute Gasteiger partial charge is 0.465 e. The molecule has 0 radical (unpaired) electrons. The number of benzene rings is 1. The maximum Gasteiger partial charge on any atom is 0.410 e.